The standard InChI is InChI=1S/C20H33NO3S/c1-4-16-24-18-10-8-14-21(17-18)15-9-13-20(2,3)25(22,23)19-11-6-5-7-12-19/h5-7,11-12,18H,4,8-10,13-17H2,1-3H3. The highest BCUT2D eigenvalue weighted by Crippen LogP contribution is 2.29. The minimum atomic E-state index is -3.31. The number of hydrogen-bond donors (Lipinski definition) is 0. The van der Waals surface area contributed by atoms with Crippen LogP contribution in [0.15, 0.2) is 35.2 Å². The summed E-state index contributed by atoms with van der Waals surface area (Å²) in [5.74, 6) is 0. The van der Waals surface area contributed by atoms with Crippen LogP contribution in [-0.2, 0) is 14.6 Å². The first-order valence-corrected chi connectivity index (χ1v) is 11.0. The van der Waals surface area contributed by atoms with Gasteiger partial charge >= 0.3 is 0 Å². The lowest BCUT2D eigenvalue weighted by atomic mass is 10.0. The van der Waals surface area contributed by atoms with E-state index in [1.165, 1.54) is 6.42 Å². The molecule has 0 bridgehead atoms. The zero-order chi connectivity index (χ0) is 18.3. The van der Waals surface area contributed by atoms with Gasteiger partial charge in [0.05, 0.1) is 15.7 Å². The van der Waals surface area contributed by atoms with E-state index in [1.807, 2.05) is 19.9 Å². The Kier molecular flexibility index (Phi) is 7.47. The van der Waals surface area contributed by atoms with E-state index in [1.54, 1.807) is 24.3 Å². The van der Waals surface area contributed by atoms with Gasteiger partial charge in [0, 0.05) is 13.2 Å². The molecule has 0 aromatic heterocycles. The highest BCUT2D eigenvalue weighted by Gasteiger charge is 2.35. The molecule has 25 heavy (non-hydrogen) atoms. The normalized spacial score (nSPS) is 19.9. The van der Waals surface area contributed by atoms with Crippen LogP contribution in [0, 0.1) is 0 Å². The Morgan fingerprint density at radius 2 is 1.96 bits per heavy atom. The first-order valence-electron chi connectivity index (χ1n) is 9.50. The number of ether oxygens (including phenoxy) is 1. The van der Waals surface area contributed by atoms with Crippen LogP contribution in [0.2, 0.25) is 0 Å². The van der Waals surface area contributed by atoms with Crippen LogP contribution in [0.1, 0.15) is 52.9 Å². The number of rotatable bonds is 9. The van der Waals surface area contributed by atoms with E-state index < -0.39 is 14.6 Å². The predicted molar refractivity (Wildman–Crippen MR) is 103 cm³/mol. The minimum absolute atomic E-state index is 0.342. The predicted octanol–water partition coefficient (Wildman–Crippen LogP) is 3.91. The molecule has 1 unspecified atom stereocenters. The molecule has 4 nitrogen and oxygen atoms in total. The van der Waals surface area contributed by atoms with Gasteiger partial charge in [0.15, 0.2) is 9.84 Å². The van der Waals surface area contributed by atoms with E-state index in [9.17, 15) is 8.42 Å². The molecular formula is C20H33NO3S. The van der Waals surface area contributed by atoms with Crippen LogP contribution in [0.4, 0.5) is 0 Å². The Hall–Kier alpha value is -0.910. The highest BCUT2D eigenvalue weighted by atomic mass is 32.2. The topological polar surface area (TPSA) is 46.6 Å². The number of nitrogens with zero attached hydrogens (tertiary/aromatic N) is 1. The van der Waals surface area contributed by atoms with E-state index in [4.69, 9.17) is 4.74 Å². The van der Waals surface area contributed by atoms with Gasteiger partial charge in [0.25, 0.3) is 0 Å². The summed E-state index contributed by atoms with van der Waals surface area (Å²) in [6, 6.07) is 8.80. The number of benzene rings is 1. The van der Waals surface area contributed by atoms with Gasteiger partial charge in [-0.2, -0.15) is 0 Å². The summed E-state index contributed by atoms with van der Waals surface area (Å²) >= 11 is 0. The third kappa shape index (κ3) is 5.53. The molecule has 1 aliphatic heterocycles. The van der Waals surface area contributed by atoms with Crippen molar-refractivity contribution in [3.63, 3.8) is 0 Å². The molecule has 142 valence electrons. The molecule has 0 N–H and O–H groups in total. The summed E-state index contributed by atoms with van der Waals surface area (Å²) in [5, 5.41) is 0. The molecule has 0 aliphatic carbocycles. The van der Waals surface area contributed by atoms with Crippen molar-refractivity contribution in [2.45, 2.75) is 68.6 Å². The van der Waals surface area contributed by atoms with Crippen molar-refractivity contribution in [1.82, 2.24) is 4.90 Å². The summed E-state index contributed by atoms with van der Waals surface area (Å²) in [7, 11) is -3.31. The Bertz CT molecular complexity index is 613. The summed E-state index contributed by atoms with van der Waals surface area (Å²) in [6.07, 6.45) is 5.27. The second kappa shape index (κ2) is 9.15. The average Bonchev–Trinajstić information content (AvgIpc) is 2.61. The smallest absolute Gasteiger partial charge is 0.183 e. The summed E-state index contributed by atoms with van der Waals surface area (Å²) < 4.78 is 30.9. The van der Waals surface area contributed by atoms with Crippen molar-refractivity contribution in [2.24, 2.45) is 0 Å². The van der Waals surface area contributed by atoms with Gasteiger partial charge in [-0.05, 0) is 71.2 Å². The number of hydrogen-bond acceptors (Lipinski definition) is 4. The molecule has 1 atom stereocenters. The Labute approximate surface area is 153 Å². The molecule has 0 radical (unpaired) electrons. The molecule has 0 saturated carbocycles. The fourth-order valence-electron chi connectivity index (χ4n) is 3.42. The molecule has 1 heterocycles. The molecule has 2 rings (SSSR count). The summed E-state index contributed by atoms with van der Waals surface area (Å²) in [6.45, 7) is 9.68. The fraction of sp³-hybridized carbons (Fsp3) is 0.700. The van der Waals surface area contributed by atoms with E-state index >= 15 is 0 Å². The van der Waals surface area contributed by atoms with E-state index in [0.717, 1.165) is 45.5 Å². The second-order valence-electron chi connectivity index (χ2n) is 7.62. The Morgan fingerprint density at radius 3 is 2.64 bits per heavy atom. The maximum absolute atomic E-state index is 12.9. The highest BCUT2D eigenvalue weighted by molar-refractivity contribution is 7.92. The van der Waals surface area contributed by atoms with Gasteiger partial charge in [-0.15, -0.1) is 0 Å². The third-order valence-corrected chi connectivity index (χ3v) is 7.61. The molecule has 1 fully saturated rings. The van der Waals surface area contributed by atoms with Gasteiger partial charge in [0.2, 0.25) is 0 Å². The first kappa shape index (κ1) is 20.4. The van der Waals surface area contributed by atoms with Crippen LogP contribution in [0.3, 0.4) is 0 Å². The van der Waals surface area contributed by atoms with Crippen LogP contribution in [0.25, 0.3) is 0 Å². The van der Waals surface area contributed by atoms with Crippen LogP contribution >= 0.6 is 0 Å². The summed E-state index contributed by atoms with van der Waals surface area (Å²) in [4.78, 5) is 2.85. The first-order chi connectivity index (χ1) is 11.9. The van der Waals surface area contributed by atoms with E-state index in [-0.39, 0.29) is 0 Å². The maximum Gasteiger partial charge on any atom is 0.183 e. The van der Waals surface area contributed by atoms with Crippen molar-refractivity contribution in [3.05, 3.63) is 30.3 Å². The van der Waals surface area contributed by atoms with Gasteiger partial charge in [-0.25, -0.2) is 8.42 Å². The average molecular weight is 368 g/mol. The van der Waals surface area contributed by atoms with Gasteiger partial charge in [0.1, 0.15) is 0 Å². The molecular weight excluding hydrogens is 334 g/mol. The molecule has 0 spiro atoms. The molecule has 1 aliphatic rings. The Morgan fingerprint density at radius 1 is 1.24 bits per heavy atom. The number of sulfone groups is 1. The number of likely N-dealkylation sites (tertiary alicyclic amines) is 1. The van der Waals surface area contributed by atoms with Gasteiger partial charge < -0.3 is 9.64 Å². The molecule has 1 aromatic carbocycles. The van der Waals surface area contributed by atoms with Crippen molar-refractivity contribution in [3.8, 4) is 0 Å². The zero-order valence-corrected chi connectivity index (χ0v) is 16.7. The third-order valence-electron chi connectivity index (χ3n) is 5.05. The number of piperidine rings is 1. The lowest BCUT2D eigenvalue weighted by molar-refractivity contribution is -0.000449. The van der Waals surface area contributed by atoms with Crippen molar-refractivity contribution in [1.29, 1.82) is 0 Å². The zero-order valence-electron chi connectivity index (χ0n) is 15.9. The van der Waals surface area contributed by atoms with Crippen molar-refractivity contribution >= 4 is 9.84 Å². The SMILES string of the molecule is CCCOC1CCCN(CCCC(C)(C)S(=O)(=O)c2ccccc2)C1. The van der Waals surface area contributed by atoms with E-state index in [0.29, 0.717) is 17.4 Å². The van der Waals surface area contributed by atoms with Gasteiger partial charge in [-0.1, -0.05) is 25.1 Å². The lowest BCUT2D eigenvalue weighted by Gasteiger charge is -2.33. The lowest BCUT2D eigenvalue weighted by Crippen LogP contribution is -2.41. The van der Waals surface area contributed by atoms with Crippen molar-refractivity contribution < 1.29 is 13.2 Å². The van der Waals surface area contributed by atoms with Crippen LogP contribution < -0.4 is 0 Å². The monoisotopic (exact) mass is 367 g/mol. The molecule has 1 saturated heterocycles. The van der Waals surface area contributed by atoms with Gasteiger partial charge in [-0.3, -0.25) is 0 Å². The second-order valence-corrected chi connectivity index (χ2v) is 10.2. The quantitative estimate of drug-likeness (QED) is 0.664. The largest absolute Gasteiger partial charge is 0.377 e. The summed E-state index contributed by atoms with van der Waals surface area (Å²) in [5.41, 5.74) is 0. The Balaban J connectivity index is 1.85. The van der Waals surface area contributed by atoms with E-state index in [2.05, 4.69) is 11.8 Å². The van der Waals surface area contributed by atoms with Crippen molar-refractivity contribution in [2.75, 3.05) is 26.2 Å². The van der Waals surface area contributed by atoms with Crippen LogP contribution in [-0.4, -0.2) is 50.4 Å². The minimum Gasteiger partial charge on any atom is -0.377 e. The molecule has 1 aromatic rings. The van der Waals surface area contributed by atoms with Crippen LogP contribution in [0.5, 0.6) is 0 Å². The maximum atomic E-state index is 12.9. The fourth-order valence-corrected chi connectivity index (χ4v) is 4.98. The molecule has 0 amide bonds. The molecule has 5 heteroatoms.